The molecule has 1 aromatic carbocycles. The average Bonchev–Trinajstić information content (AvgIpc) is 3.27. The van der Waals surface area contributed by atoms with Crippen molar-refractivity contribution in [1.29, 1.82) is 0 Å². The number of piperazine rings is 1. The van der Waals surface area contributed by atoms with Crippen molar-refractivity contribution >= 4 is 22.4 Å². The molecule has 0 bridgehead atoms. The number of aryl methyl sites for hydroxylation is 1. The standard InChI is InChI=1S/C18H22N4O3S/c1-12-16(17(19-2)26-20-12)18(23)22-7-5-21(6-8-22)10-13-3-4-14-15(9-13)25-11-24-14/h3-4,9,19H,5-8,10-11H2,1-2H3. The first-order valence-electron chi connectivity index (χ1n) is 8.70. The van der Waals surface area contributed by atoms with E-state index in [0.717, 1.165) is 54.9 Å². The molecule has 0 unspecified atom stereocenters. The van der Waals surface area contributed by atoms with E-state index in [1.807, 2.05) is 31.0 Å². The third-order valence-electron chi connectivity index (χ3n) is 4.81. The molecule has 0 radical (unpaired) electrons. The maximum absolute atomic E-state index is 12.9. The summed E-state index contributed by atoms with van der Waals surface area (Å²) in [5.74, 6) is 1.70. The molecule has 2 aliphatic rings. The molecule has 3 heterocycles. The summed E-state index contributed by atoms with van der Waals surface area (Å²) in [6, 6.07) is 6.08. The van der Waals surface area contributed by atoms with Gasteiger partial charge in [-0.2, -0.15) is 4.37 Å². The molecule has 1 saturated heterocycles. The van der Waals surface area contributed by atoms with E-state index in [9.17, 15) is 4.79 Å². The molecular weight excluding hydrogens is 352 g/mol. The number of anilines is 1. The van der Waals surface area contributed by atoms with Crippen LogP contribution in [0.15, 0.2) is 18.2 Å². The highest BCUT2D eigenvalue weighted by molar-refractivity contribution is 7.10. The van der Waals surface area contributed by atoms with Crippen LogP contribution >= 0.6 is 11.5 Å². The molecule has 0 saturated carbocycles. The van der Waals surface area contributed by atoms with Crippen LogP contribution in [0.1, 0.15) is 21.6 Å². The fourth-order valence-electron chi connectivity index (χ4n) is 3.36. The molecule has 7 nitrogen and oxygen atoms in total. The van der Waals surface area contributed by atoms with E-state index in [2.05, 4.69) is 20.7 Å². The van der Waals surface area contributed by atoms with Crippen LogP contribution in [0.4, 0.5) is 5.00 Å². The van der Waals surface area contributed by atoms with Gasteiger partial charge in [0, 0.05) is 39.8 Å². The molecule has 1 N–H and O–H groups in total. The Kier molecular flexibility index (Phi) is 4.69. The Hall–Kier alpha value is -2.32. The number of hydrogen-bond acceptors (Lipinski definition) is 7. The molecule has 1 fully saturated rings. The molecule has 1 aromatic heterocycles. The third-order valence-corrected chi connectivity index (χ3v) is 5.76. The second kappa shape index (κ2) is 7.13. The van der Waals surface area contributed by atoms with E-state index < -0.39 is 0 Å². The van der Waals surface area contributed by atoms with E-state index in [4.69, 9.17) is 9.47 Å². The van der Waals surface area contributed by atoms with Gasteiger partial charge in [-0.1, -0.05) is 6.07 Å². The molecule has 8 heteroatoms. The molecule has 26 heavy (non-hydrogen) atoms. The monoisotopic (exact) mass is 374 g/mol. The van der Waals surface area contributed by atoms with Gasteiger partial charge in [0.15, 0.2) is 11.5 Å². The second-order valence-corrected chi connectivity index (χ2v) is 7.25. The molecule has 1 amide bonds. The minimum Gasteiger partial charge on any atom is -0.454 e. The Labute approximate surface area is 156 Å². The van der Waals surface area contributed by atoms with E-state index >= 15 is 0 Å². The summed E-state index contributed by atoms with van der Waals surface area (Å²) < 4.78 is 15.1. The molecular formula is C18H22N4O3S. The fourth-order valence-corrected chi connectivity index (χ4v) is 4.09. The van der Waals surface area contributed by atoms with Crippen LogP contribution in [0, 0.1) is 6.92 Å². The number of rotatable bonds is 4. The van der Waals surface area contributed by atoms with E-state index in [1.165, 1.54) is 17.1 Å². The first kappa shape index (κ1) is 17.1. The summed E-state index contributed by atoms with van der Waals surface area (Å²) in [5.41, 5.74) is 2.71. The molecule has 4 rings (SSSR count). The number of nitrogens with one attached hydrogen (secondary N) is 1. The number of carbonyl (C=O) groups is 1. The van der Waals surface area contributed by atoms with Crippen molar-refractivity contribution < 1.29 is 14.3 Å². The summed E-state index contributed by atoms with van der Waals surface area (Å²) in [5, 5.41) is 3.92. The SMILES string of the molecule is CNc1snc(C)c1C(=O)N1CCN(Cc2ccc3c(c2)OCO3)CC1. The van der Waals surface area contributed by atoms with Crippen LogP contribution in [0.2, 0.25) is 0 Å². The zero-order valence-corrected chi connectivity index (χ0v) is 15.8. The van der Waals surface area contributed by atoms with Crippen LogP contribution in [0.25, 0.3) is 0 Å². The minimum absolute atomic E-state index is 0.0725. The van der Waals surface area contributed by atoms with Gasteiger partial charge in [-0.05, 0) is 36.2 Å². The zero-order valence-electron chi connectivity index (χ0n) is 14.9. The third kappa shape index (κ3) is 3.22. The predicted octanol–water partition coefficient (Wildman–Crippen LogP) is 2.18. The lowest BCUT2D eigenvalue weighted by molar-refractivity contribution is 0.0629. The van der Waals surface area contributed by atoms with Crippen molar-refractivity contribution in [3.05, 3.63) is 35.0 Å². The van der Waals surface area contributed by atoms with Crippen molar-refractivity contribution in [1.82, 2.24) is 14.2 Å². The topological polar surface area (TPSA) is 66.9 Å². The van der Waals surface area contributed by atoms with Crippen LogP contribution in [-0.2, 0) is 6.54 Å². The number of amides is 1. The molecule has 138 valence electrons. The number of benzene rings is 1. The maximum atomic E-state index is 12.9. The zero-order chi connectivity index (χ0) is 18.1. The van der Waals surface area contributed by atoms with E-state index in [0.29, 0.717) is 12.4 Å². The highest BCUT2D eigenvalue weighted by Crippen LogP contribution is 2.33. The summed E-state index contributed by atoms with van der Waals surface area (Å²) in [6.07, 6.45) is 0. The second-order valence-electron chi connectivity index (χ2n) is 6.48. The molecule has 0 atom stereocenters. The van der Waals surface area contributed by atoms with Crippen molar-refractivity contribution in [2.24, 2.45) is 0 Å². The number of aromatic nitrogens is 1. The van der Waals surface area contributed by atoms with Crippen molar-refractivity contribution in [2.45, 2.75) is 13.5 Å². The summed E-state index contributed by atoms with van der Waals surface area (Å²) in [7, 11) is 1.83. The fraction of sp³-hybridized carbons (Fsp3) is 0.444. The minimum atomic E-state index is 0.0725. The Bertz CT molecular complexity index is 815. The Morgan fingerprint density at radius 3 is 2.77 bits per heavy atom. The lowest BCUT2D eigenvalue weighted by Crippen LogP contribution is -2.48. The van der Waals surface area contributed by atoms with Gasteiger partial charge in [0.05, 0.1) is 11.3 Å². The van der Waals surface area contributed by atoms with Crippen molar-refractivity contribution in [2.75, 3.05) is 45.3 Å². The first-order chi connectivity index (χ1) is 12.7. The number of fused-ring (bicyclic) bond motifs is 1. The Morgan fingerprint density at radius 1 is 1.23 bits per heavy atom. The number of carbonyl (C=O) groups excluding carboxylic acids is 1. The van der Waals surface area contributed by atoms with Gasteiger partial charge in [-0.3, -0.25) is 9.69 Å². The molecule has 2 aromatic rings. The van der Waals surface area contributed by atoms with Crippen LogP contribution < -0.4 is 14.8 Å². The lowest BCUT2D eigenvalue weighted by atomic mass is 10.1. The Morgan fingerprint density at radius 2 is 2.00 bits per heavy atom. The van der Waals surface area contributed by atoms with E-state index in [1.54, 1.807) is 0 Å². The van der Waals surface area contributed by atoms with Crippen LogP contribution in [-0.4, -0.2) is 60.1 Å². The normalized spacial score (nSPS) is 16.8. The molecule has 2 aliphatic heterocycles. The summed E-state index contributed by atoms with van der Waals surface area (Å²) in [4.78, 5) is 17.1. The van der Waals surface area contributed by atoms with Crippen molar-refractivity contribution in [3.8, 4) is 11.5 Å². The molecule has 0 aliphatic carbocycles. The van der Waals surface area contributed by atoms with Gasteiger partial charge in [-0.25, -0.2) is 0 Å². The summed E-state index contributed by atoms with van der Waals surface area (Å²) >= 11 is 1.34. The predicted molar refractivity (Wildman–Crippen MR) is 100 cm³/mol. The van der Waals surface area contributed by atoms with Crippen LogP contribution in [0.5, 0.6) is 11.5 Å². The first-order valence-corrected chi connectivity index (χ1v) is 9.47. The smallest absolute Gasteiger partial charge is 0.258 e. The largest absolute Gasteiger partial charge is 0.454 e. The van der Waals surface area contributed by atoms with Crippen molar-refractivity contribution in [3.63, 3.8) is 0 Å². The van der Waals surface area contributed by atoms with Gasteiger partial charge < -0.3 is 19.7 Å². The quantitative estimate of drug-likeness (QED) is 0.885. The van der Waals surface area contributed by atoms with E-state index in [-0.39, 0.29) is 5.91 Å². The van der Waals surface area contributed by atoms with Gasteiger partial charge >= 0.3 is 0 Å². The number of ether oxygens (including phenoxy) is 2. The highest BCUT2D eigenvalue weighted by Gasteiger charge is 2.27. The van der Waals surface area contributed by atoms with Crippen LogP contribution in [0.3, 0.4) is 0 Å². The number of hydrogen-bond donors (Lipinski definition) is 1. The lowest BCUT2D eigenvalue weighted by Gasteiger charge is -2.34. The highest BCUT2D eigenvalue weighted by atomic mass is 32.1. The maximum Gasteiger partial charge on any atom is 0.258 e. The van der Waals surface area contributed by atoms with Gasteiger partial charge in [-0.15, -0.1) is 0 Å². The molecule has 0 spiro atoms. The summed E-state index contributed by atoms with van der Waals surface area (Å²) in [6.45, 7) is 6.19. The average molecular weight is 374 g/mol. The van der Waals surface area contributed by atoms with Gasteiger partial charge in [0.25, 0.3) is 5.91 Å². The number of nitrogens with zero attached hydrogens (tertiary/aromatic N) is 3. The van der Waals surface area contributed by atoms with Gasteiger partial charge in [0.2, 0.25) is 6.79 Å². The van der Waals surface area contributed by atoms with Gasteiger partial charge in [0.1, 0.15) is 5.00 Å². The Balaban J connectivity index is 1.37.